The topological polar surface area (TPSA) is 44.8 Å². The summed E-state index contributed by atoms with van der Waals surface area (Å²) in [4.78, 5) is 15.5. The van der Waals surface area contributed by atoms with Crippen LogP contribution in [-0.2, 0) is 18.1 Å². The minimum absolute atomic E-state index is 0.139. The molecule has 4 nitrogen and oxygen atoms in total. The number of benzene rings is 6. The van der Waals surface area contributed by atoms with Crippen molar-refractivity contribution in [2.45, 2.75) is 102 Å². The number of hydrogen-bond acceptors (Lipinski definition) is 4. The zero-order valence-corrected chi connectivity index (χ0v) is 41.3. The van der Waals surface area contributed by atoms with Crippen molar-refractivity contribution in [3.8, 4) is 0 Å². The number of carbonyl (C=O) groups is 1. The molecule has 6 aromatic rings. The molecule has 0 saturated heterocycles. The van der Waals surface area contributed by atoms with Gasteiger partial charge < -0.3 is 13.3 Å². The number of ketones is 1. The quantitative estimate of drug-likeness (QED) is 0.109. The first-order chi connectivity index (χ1) is 29.5. The van der Waals surface area contributed by atoms with E-state index >= 15 is 4.79 Å². The van der Waals surface area contributed by atoms with Gasteiger partial charge in [-0.25, -0.2) is 0 Å². The first-order valence-electron chi connectivity index (χ1n) is 22.4. The van der Waals surface area contributed by atoms with E-state index in [-0.39, 0.29) is 33.6 Å². The highest BCUT2D eigenvalue weighted by Crippen LogP contribution is 2.44. The van der Waals surface area contributed by atoms with Crippen LogP contribution < -0.4 is 31.1 Å². The molecule has 7 rings (SSSR count). The molecule has 0 radical (unpaired) electrons. The molecule has 3 unspecified atom stereocenters. The van der Waals surface area contributed by atoms with Crippen molar-refractivity contribution in [2.24, 2.45) is 5.92 Å². The summed E-state index contributed by atoms with van der Waals surface area (Å²) in [5.74, 6) is -0.377. The van der Waals surface area contributed by atoms with E-state index in [1.165, 1.54) is 31.1 Å². The molecule has 0 aliphatic heterocycles. The summed E-state index contributed by atoms with van der Waals surface area (Å²) in [6, 6.07) is 64.6. The van der Waals surface area contributed by atoms with Gasteiger partial charge in [-0.2, -0.15) is 0 Å². The third-order valence-corrected chi connectivity index (χ3v) is 28.3. The number of carbonyl (C=O) groups excluding carboxylic acids is 1. The fourth-order valence-electron chi connectivity index (χ4n) is 10.3. The molecule has 62 heavy (non-hydrogen) atoms. The van der Waals surface area contributed by atoms with Gasteiger partial charge in [-0.15, -0.1) is 0 Å². The Labute approximate surface area is 375 Å². The minimum atomic E-state index is -3.14. The van der Waals surface area contributed by atoms with Gasteiger partial charge in [-0.05, 0) is 52.7 Å². The van der Waals surface area contributed by atoms with Gasteiger partial charge in [0, 0.05) is 13.0 Å². The summed E-state index contributed by atoms with van der Waals surface area (Å²) >= 11 is 0. The van der Waals surface area contributed by atoms with Crippen molar-refractivity contribution in [1.29, 1.82) is 0 Å². The number of Topliss-reactive ketones (excluding diaryl/α,β-unsaturated/α-hetero) is 1. The van der Waals surface area contributed by atoms with Gasteiger partial charge >= 0.3 is 0 Å². The average Bonchev–Trinajstić information content (AvgIpc) is 3.26. The van der Waals surface area contributed by atoms with E-state index in [9.17, 15) is 0 Å². The molecular weight excluding hydrogens is 809 g/mol. The highest BCUT2D eigenvalue weighted by atomic mass is 28.4. The van der Waals surface area contributed by atoms with E-state index in [0.717, 1.165) is 0 Å². The number of hydrogen-bond donors (Lipinski definition) is 0. The first kappa shape index (κ1) is 45.5. The van der Waals surface area contributed by atoms with E-state index < -0.39 is 37.0 Å². The highest BCUT2D eigenvalue weighted by Gasteiger charge is 2.57. The van der Waals surface area contributed by atoms with E-state index in [4.69, 9.17) is 13.3 Å². The van der Waals surface area contributed by atoms with Crippen LogP contribution in [0.15, 0.2) is 182 Å². The SMILES string of the molecule is CC(C)(C)[Si](OCC1C(=O)CC(O[Si](c2ccccc2)(c2ccccc2)C(C)(C)C)CC1O[Si](c1ccccc1)(c1ccccc1)C(C)(C)C)(c1ccccc1)c1ccccc1. The van der Waals surface area contributed by atoms with Crippen LogP contribution in [-0.4, -0.2) is 49.6 Å². The molecule has 6 aromatic carbocycles. The van der Waals surface area contributed by atoms with E-state index in [0.29, 0.717) is 12.8 Å². The predicted octanol–water partition coefficient (Wildman–Crippen LogP) is 9.43. The van der Waals surface area contributed by atoms with Crippen LogP contribution in [0, 0.1) is 5.92 Å². The highest BCUT2D eigenvalue weighted by molar-refractivity contribution is 7.00. The van der Waals surface area contributed by atoms with Crippen LogP contribution in [0.4, 0.5) is 0 Å². The third kappa shape index (κ3) is 8.60. The van der Waals surface area contributed by atoms with Gasteiger partial charge in [0.15, 0.2) is 0 Å². The standard InChI is InChI=1S/C55H66O4Si3/c1-53(2,3)60(44-28-16-10-17-29-44,45-30-18-11-19-31-45)57-42-50-51(56)40-43(58-61(54(4,5)6,46-32-20-12-21-33-46)47-34-22-13-23-35-47)41-52(50)59-62(55(7,8)9,48-36-24-14-25-37-48)49-38-26-15-27-39-49/h10-39,43,50,52H,40-42H2,1-9H3. The van der Waals surface area contributed by atoms with Gasteiger partial charge in [0.05, 0.1) is 18.1 Å². The van der Waals surface area contributed by atoms with E-state index in [1.54, 1.807) is 0 Å². The molecule has 322 valence electrons. The van der Waals surface area contributed by atoms with Gasteiger partial charge in [-0.1, -0.05) is 244 Å². The van der Waals surface area contributed by atoms with E-state index in [2.05, 4.69) is 244 Å². The fraction of sp³-hybridized carbons (Fsp3) is 0.327. The van der Waals surface area contributed by atoms with Crippen molar-refractivity contribution < 1.29 is 18.1 Å². The molecular formula is C55H66O4Si3. The zero-order valence-electron chi connectivity index (χ0n) is 38.3. The second kappa shape index (κ2) is 18.3. The molecule has 0 spiro atoms. The van der Waals surface area contributed by atoms with Gasteiger partial charge in [0.25, 0.3) is 25.0 Å². The molecule has 0 amide bonds. The van der Waals surface area contributed by atoms with Crippen LogP contribution in [0.1, 0.15) is 75.2 Å². The summed E-state index contributed by atoms with van der Waals surface area (Å²) in [5.41, 5.74) is 0. The Bertz CT molecular complexity index is 2220. The average molecular weight is 875 g/mol. The molecule has 1 aliphatic carbocycles. The summed E-state index contributed by atoms with van der Waals surface area (Å²) in [7, 11) is -9.17. The zero-order chi connectivity index (χ0) is 44.2. The predicted molar refractivity (Wildman–Crippen MR) is 266 cm³/mol. The van der Waals surface area contributed by atoms with Crippen molar-refractivity contribution in [1.82, 2.24) is 0 Å². The molecule has 0 N–H and O–H groups in total. The first-order valence-corrected chi connectivity index (χ1v) is 28.1. The Morgan fingerprint density at radius 3 is 0.984 bits per heavy atom. The Morgan fingerprint density at radius 1 is 0.419 bits per heavy atom. The Hall–Kier alpha value is -4.48. The second-order valence-corrected chi connectivity index (χ2v) is 33.0. The molecule has 0 bridgehead atoms. The lowest BCUT2D eigenvalue weighted by atomic mass is 9.84. The maximum Gasteiger partial charge on any atom is 0.261 e. The fourth-order valence-corrected chi connectivity index (χ4v) is 24.4. The van der Waals surface area contributed by atoms with Crippen LogP contribution in [0.25, 0.3) is 0 Å². The summed E-state index contributed by atoms with van der Waals surface area (Å²) < 4.78 is 23.6. The van der Waals surface area contributed by atoms with Gasteiger partial charge in [0.1, 0.15) is 5.78 Å². The molecule has 1 fully saturated rings. The van der Waals surface area contributed by atoms with Gasteiger partial charge in [0.2, 0.25) is 0 Å². The van der Waals surface area contributed by atoms with Crippen LogP contribution in [0.3, 0.4) is 0 Å². The number of rotatable bonds is 13. The largest absolute Gasteiger partial charge is 0.407 e. The second-order valence-electron chi connectivity index (χ2n) is 20.2. The van der Waals surface area contributed by atoms with Gasteiger partial charge in [-0.3, -0.25) is 4.79 Å². The summed E-state index contributed by atoms with van der Waals surface area (Å²) in [6.45, 7) is 21.0. The molecule has 1 saturated carbocycles. The third-order valence-electron chi connectivity index (χ3n) is 13.2. The maximum atomic E-state index is 15.5. The maximum absolute atomic E-state index is 15.5. The van der Waals surface area contributed by atoms with E-state index in [1.807, 2.05) is 0 Å². The Balaban J connectivity index is 1.40. The molecule has 0 aromatic heterocycles. The smallest absolute Gasteiger partial charge is 0.261 e. The summed E-state index contributed by atoms with van der Waals surface area (Å²) in [6.07, 6.45) is 0.000162. The normalized spacial score (nSPS) is 18.1. The van der Waals surface area contributed by atoms with Crippen LogP contribution in [0.2, 0.25) is 15.1 Å². The molecule has 1 aliphatic rings. The molecule has 7 heteroatoms. The monoisotopic (exact) mass is 874 g/mol. The lowest BCUT2D eigenvalue weighted by Crippen LogP contribution is -2.71. The van der Waals surface area contributed by atoms with Crippen molar-refractivity contribution >= 4 is 61.9 Å². The minimum Gasteiger partial charge on any atom is -0.407 e. The molecule has 0 heterocycles. The lowest BCUT2D eigenvalue weighted by Gasteiger charge is -2.50. The van der Waals surface area contributed by atoms with Crippen LogP contribution in [0.5, 0.6) is 0 Å². The summed E-state index contributed by atoms with van der Waals surface area (Å²) in [5, 5.41) is 6.36. The Morgan fingerprint density at radius 2 is 0.694 bits per heavy atom. The van der Waals surface area contributed by atoms with Crippen LogP contribution >= 0.6 is 0 Å². The Kier molecular flexibility index (Phi) is 13.5. The van der Waals surface area contributed by atoms with Crippen molar-refractivity contribution in [2.75, 3.05) is 6.61 Å². The van der Waals surface area contributed by atoms with Crippen molar-refractivity contribution in [3.63, 3.8) is 0 Å². The molecule has 3 atom stereocenters. The lowest BCUT2D eigenvalue weighted by molar-refractivity contribution is -0.134. The van der Waals surface area contributed by atoms with Crippen molar-refractivity contribution in [3.05, 3.63) is 182 Å².